The third kappa shape index (κ3) is 4.44. The zero-order chi connectivity index (χ0) is 13.9. The van der Waals surface area contributed by atoms with Crippen molar-refractivity contribution in [2.45, 2.75) is 46.1 Å². The lowest BCUT2D eigenvalue weighted by atomic mass is 9.98. The molecule has 1 heterocycles. The summed E-state index contributed by atoms with van der Waals surface area (Å²) in [5.74, 6) is 0.703. The second-order valence-electron chi connectivity index (χ2n) is 5.67. The summed E-state index contributed by atoms with van der Waals surface area (Å²) in [6.45, 7) is 11.6. The van der Waals surface area contributed by atoms with Gasteiger partial charge in [-0.15, -0.1) is 11.3 Å². The molecule has 3 nitrogen and oxygen atoms in total. The van der Waals surface area contributed by atoms with E-state index in [1.165, 1.54) is 9.88 Å². The first kappa shape index (κ1) is 15.8. The number of aromatic nitrogens is 1. The summed E-state index contributed by atoms with van der Waals surface area (Å²) in [5.41, 5.74) is 1.22. The minimum atomic E-state index is -0.727. The largest absolute Gasteiger partial charge is 0.308 e. The summed E-state index contributed by atoms with van der Waals surface area (Å²) in [5, 5.41) is 4.60. The minimum Gasteiger partial charge on any atom is -0.308 e. The fourth-order valence-corrected chi connectivity index (χ4v) is 3.20. The summed E-state index contributed by atoms with van der Waals surface area (Å²) in [4.78, 5) is 5.96. The van der Waals surface area contributed by atoms with E-state index in [4.69, 9.17) is 0 Å². The van der Waals surface area contributed by atoms with Gasteiger partial charge in [0.2, 0.25) is 0 Å². The number of aryl methyl sites for hydroxylation is 1. The molecule has 0 aliphatic carbocycles. The van der Waals surface area contributed by atoms with E-state index < -0.39 is 10.8 Å². The predicted molar refractivity (Wildman–Crippen MR) is 80.9 cm³/mol. The topological polar surface area (TPSA) is 42.0 Å². The van der Waals surface area contributed by atoms with Crippen LogP contribution in [0.5, 0.6) is 0 Å². The van der Waals surface area contributed by atoms with Gasteiger partial charge in [0.25, 0.3) is 0 Å². The summed E-state index contributed by atoms with van der Waals surface area (Å²) in [7, 11) is -0.727. The highest BCUT2D eigenvalue weighted by molar-refractivity contribution is 7.84. The van der Waals surface area contributed by atoms with E-state index in [0.717, 1.165) is 12.2 Å². The number of rotatable bonds is 5. The van der Waals surface area contributed by atoms with Gasteiger partial charge in [0.05, 0.1) is 10.7 Å². The van der Waals surface area contributed by atoms with Crippen molar-refractivity contribution in [3.63, 3.8) is 0 Å². The summed E-state index contributed by atoms with van der Waals surface area (Å²) >= 11 is 1.78. The zero-order valence-electron chi connectivity index (χ0n) is 12.2. The van der Waals surface area contributed by atoms with Crippen molar-refractivity contribution in [1.29, 1.82) is 0 Å². The van der Waals surface area contributed by atoms with Gasteiger partial charge < -0.3 is 5.32 Å². The van der Waals surface area contributed by atoms with Gasteiger partial charge in [0.15, 0.2) is 0 Å². The van der Waals surface area contributed by atoms with Crippen LogP contribution in [0, 0.1) is 6.92 Å². The molecule has 0 fully saturated rings. The maximum Gasteiger partial charge on any atom is 0.0985 e. The Bertz CT molecular complexity index is 421. The molecule has 0 aliphatic rings. The van der Waals surface area contributed by atoms with Crippen molar-refractivity contribution >= 4 is 22.1 Å². The maximum atomic E-state index is 11.0. The van der Waals surface area contributed by atoms with Crippen molar-refractivity contribution in [1.82, 2.24) is 10.3 Å². The van der Waals surface area contributed by atoms with Crippen molar-refractivity contribution < 1.29 is 4.21 Å². The molecular formula is C13H24N2OS2. The Morgan fingerprint density at radius 1 is 1.44 bits per heavy atom. The molecule has 2 unspecified atom stereocenters. The van der Waals surface area contributed by atoms with Crippen LogP contribution in [0.3, 0.4) is 0 Å². The van der Waals surface area contributed by atoms with Crippen molar-refractivity contribution in [3.8, 4) is 0 Å². The number of nitrogens with zero attached hydrogens (tertiary/aromatic N) is 1. The van der Waals surface area contributed by atoms with E-state index in [1.807, 2.05) is 0 Å². The average Bonchev–Trinajstić information content (AvgIpc) is 2.59. The van der Waals surface area contributed by atoms with Crippen LogP contribution >= 0.6 is 11.3 Å². The monoisotopic (exact) mass is 288 g/mol. The van der Waals surface area contributed by atoms with E-state index in [0.29, 0.717) is 5.75 Å². The summed E-state index contributed by atoms with van der Waals surface area (Å²) in [6, 6.07) is 0.280. The standard InChI is InChI=1S/C13H24N2OS2/c1-9(14-7-8-18(6)16)11-10(2)15-12(17-11)13(3,4)5/h9,14H,7-8H2,1-6H3. The molecular weight excluding hydrogens is 264 g/mol. The highest BCUT2D eigenvalue weighted by Crippen LogP contribution is 2.32. The number of hydrogen-bond acceptors (Lipinski definition) is 4. The van der Waals surface area contributed by atoms with Crippen molar-refractivity contribution in [2.24, 2.45) is 0 Å². The predicted octanol–water partition coefficient (Wildman–Crippen LogP) is 2.78. The van der Waals surface area contributed by atoms with Crippen LogP contribution in [0.1, 0.15) is 49.3 Å². The number of nitrogens with one attached hydrogen (secondary N) is 1. The quantitative estimate of drug-likeness (QED) is 0.906. The maximum absolute atomic E-state index is 11.0. The van der Waals surface area contributed by atoms with Crippen LogP contribution in [-0.4, -0.2) is 27.7 Å². The van der Waals surface area contributed by atoms with E-state index >= 15 is 0 Å². The van der Waals surface area contributed by atoms with Gasteiger partial charge in [-0.05, 0) is 13.8 Å². The van der Waals surface area contributed by atoms with Gasteiger partial charge in [-0.3, -0.25) is 4.21 Å². The van der Waals surface area contributed by atoms with Gasteiger partial charge in [0.1, 0.15) is 0 Å². The van der Waals surface area contributed by atoms with Crippen LogP contribution in [0.4, 0.5) is 0 Å². The molecule has 0 saturated heterocycles. The van der Waals surface area contributed by atoms with Crippen LogP contribution in [0.25, 0.3) is 0 Å². The first-order valence-corrected chi connectivity index (χ1v) is 8.77. The molecule has 1 rings (SSSR count). The third-order valence-corrected chi connectivity index (χ3v) is 5.25. The molecule has 1 N–H and O–H groups in total. The highest BCUT2D eigenvalue weighted by Gasteiger charge is 2.22. The molecule has 0 saturated carbocycles. The molecule has 18 heavy (non-hydrogen) atoms. The fraction of sp³-hybridized carbons (Fsp3) is 0.769. The van der Waals surface area contributed by atoms with Gasteiger partial charge in [0, 0.05) is 45.7 Å². The molecule has 0 amide bonds. The molecule has 1 aromatic rings. The lowest BCUT2D eigenvalue weighted by molar-refractivity contribution is 0.583. The van der Waals surface area contributed by atoms with Crippen molar-refractivity contribution in [3.05, 3.63) is 15.6 Å². The molecule has 0 aliphatic heterocycles. The van der Waals surface area contributed by atoms with Crippen molar-refractivity contribution in [2.75, 3.05) is 18.6 Å². The van der Waals surface area contributed by atoms with E-state index in [1.54, 1.807) is 17.6 Å². The highest BCUT2D eigenvalue weighted by atomic mass is 32.2. The molecule has 1 aromatic heterocycles. The number of hydrogen-bond donors (Lipinski definition) is 1. The van der Waals surface area contributed by atoms with Gasteiger partial charge >= 0.3 is 0 Å². The van der Waals surface area contributed by atoms with Crippen LogP contribution in [-0.2, 0) is 16.2 Å². The van der Waals surface area contributed by atoms with Gasteiger partial charge in [-0.25, -0.2) is 4.98 Å². The normalized spacial score (nSPS) is 15.7. The minimum absolute atomic E-state index is 0.109. The SMILES string of the molecule is Cc1nc(C(C)(C)C)sc1C(C)NCCS(C)=O. The van der Waals surface area contributed by atoms with E-state index in [2.05, 4.69) is 44.9 Å². The Morgan fingerprint density at radius 3 is 2.50 bits per heavy atom. The Labute approximate surface area is 117 Å². The Kier molecular flexibility index (Phi) is 5.49. The Hall–Kier alpha value is -0.260. The first-order valence-electron chi connectivity index (χ1n) is 6.23. The second-order valence-corrected chi connectivity index (χ2v) is 8.26. The molecule has 0 bridgehead atoms. The Balaban J connectivity index is 2.71. The number of thiazole rings is 1. The molecule has 104 valence electrons. The molecule has 0 aromatic carbocycles. The zero-order valence-corrected chi connectivity index (χ0v) is 13.8. The summed E-state index contributed by atoms with van der Waals surface area (Å²) in [6.07, 6.45) is 1.74. The second kappa shape index (κ2) is 6.26. The fourth-order valence-electron chi connectivity index (χ4n) is 1.64. The molecule has 5 heteroatoms. The summed E-state index contributed by atoms with van der Waals surface area (Å²) < 4.78 is 11.0. The van der Waals surface area contributed by atoms with E-state index in [9.17, 15) is 4.21 Å². The first-order chi connectivity index (χ1) is 8.21. The lowest BCUT2D eigenvalue weighted by Crippen LogP contribution is -2.23. The van der Waals surface area contributed by atoms with Gasteiger partial charge in [-0.2, -0.15) is 0 Å². The molecule has 2 atom stereocenters. The van der Waals surface area contributed by atoms with Crippen LogP contribution in [0.2, 0.25) is 0 Å². The molecule has 0 radical (unpaired) electrons. The third-order valence-electron chi connectivity index (χ3n) is 2.71. The van der Waals surface area contributed by atoms with E-state index in [-0.39, 0.29) is 11.5 Å². The van der Waals surface area contributed by atoms with Crippen LogP contribution < -0.4 is 5.32 Å². The van der Waals surface area contributed by atoms with Crippen LogP contribution in [0.15, 0.2) is 0 Å². The average molecular weight is 288 g/mol. The smallest absolute Gasteiger partial charge is 0.0985 e. The van der Waals surface area contributed by atoms with Gasteiger partial charge in [-0.1, -0.05) is 20.8 Å². The Morgan fingerprint density at radius 2 is 2.06 bits per heavy atom. The molecule has 0 spiro atoms. The lowest BCUT2D eigenvalue weighted by Gasteiger charge is -2.14.